The number of hydrogen-bond donors (Lipinski definition) is 3. The van der Waals surface area contributed by atoms with Gasteiger partial charge in [0.1, 0.15) is 28.8 Å². The molecule has 9 nitrogen and oxygen atoms in total. The van der Waals surface area contributed by atoms with Crippen LogP contribution in [0.25, 0.3) is 0 Å². The molecule has 2 aromatic carbocycles. The van der Waals surface area contributed by atoms with Gasteiger partial charge in [0.15, 0.2) is 0 Å². The Morgan fingerprint density at radius 3 is 2.32 bits per heavy atom. The molecule has 3 N–H and O–H groups in total. The lowest BCUT2D eigenvalue weighted by Crippen LogP contribution is -2.14. The number of aromatic hydroxyl groups is 2. The zero-order valence-corrected chi connectivity index (χ0v) is 20.3. The van der Waals surface area contributed by atoms with Crippen molar-refractivity contribution in [2.45, 2.75) is 57.8 Å². The number of benzene rings is 2. The summed E-state index contributed by atoms with van der Waals surface area (Å²) in [5.41, 5.74) is 1.99. The number of aromatic nitrogens is 2. The Kier molecular flexibility index (Phi) is 8.17. The molecule has 1 heterocycles. The number of phenols is 2. The number of unbranched alkanes of at least 4 members (excludes halogenated alkanes) is 3. The number of phenolic OH excluding ortho intramolecular Hbond substituents is 2. The van der Waals surface area contributed by atoms with E-state index in [-0.39, 0.29) is 27.9 Å². The van der Waals surface area contributed by atoms with Gasteiger partial charge in [0.25, 0.3) is 10.0 Å². The highest BCUT2D eigenvalue weighted by Gasteiger charge is 2.15. The van der Waals surface area contributed by atoms with E-state index in [1.165, 1.54) is 30.3 Å². The molecule has 180 valence electrons. The first kappa shape index (κ1) is 25.1. The highest BCUT2D eigenvalue weighted by molar-refractivity contribution is 7.92. The van der Waals surface area contributed by atoms with Gasteiger partial charge < -0.3 is 10.2 Å². The van der Waals surface area contributed by atoms with Gasteiger partial charge in [-0.3, -0.25) is 4.72 Å². The zero-order chi connectivity index (χ0) is 24.7. The van der Waals surface area contributed by atoms with Crippen LogP contribution in [0.1, 0.15) is 49.7 Å². The van der Waals surface area contributed by atoms with Gasteiger partial charge in [-0.2, -0.15) is 5.11 Å². The first-order valence-electron chi connectivity index (χ1n) is 11.1. The van der Waals surface area contributed by atoms with E-state index in [1.807, 2.05) is 0 Å². The third-order valence-corrected chi connectivity index (χ3v) is 6.47. The lowest BCUT2D eigenvalue weighted by Gasteiger charge is -2.09. The molecule has 0 amide bonds. The predicted octanol–water partition coefficient (Wildman–Crippen LogP) is 5.84. The number of aryl methyl sites for hydroxylation is 3. The Balaban J connectivity index is 1.73. The molecule has 0 atom stereocenters. The van der Waals surface area contributed by atoms with Crippen molar-refractivity contribution < 1.29 is 18.6 Å². The lowest BCUT2D eigenvalue weighted by atomic mass is 10.0. The van der Waals surface area contributed by atoms with Gasteiger partial charge >= 0.3 is 0 Å². The molecule has 0 saturated heterocycles. The maximum absolute atomic E-state index is 12.7. The summed E-state index contributed by atoms with van der Waals surface area (Å²) in [5.74, 6) is 0.513. The van der Waals surface area contributed by atoms with E-state index in [1.54, 1.807) is 26.0 Å². The molecule has 0 bridgehead atoms. The maximum Gasteiger partial charge on any atom is 0.263 e. The van der Waals surface area contributed by atoms with Gasteiger partial charge in [-0.25, -0.2) is 18.4 Å². The Labute approximate surface area is 199 Å². The fourth-order valence-corrected chi connectivity index (χ4v) is 4.39. The van der Waals surface area contributed by atoms with E-state index >= 15 is 0 Å². The minimum atomic E-state index is -3.84. The van der Waals surface area contributed by atoms with Gasteiger partial charge in [0, 0.05) is 17.8 Å². The topological polar surface area (TPSA) is 137 Å². The Morgan fingerprint density at radius 1 is 0.912 bits per heavy atom. The van der Waals surface area contributed by atoms with Crippen molar-refractivity contribution in [2.24, 2.45) is 10.2 Å². The van der Waals surface area contributed by atoms with Crippen LogP contribution in [-0.2, 0) is 16.4 Å². The van der Waals surface area contributed by atoms with Crippen LogP contribution in [0.5, 0.6) is 11.5 Å². The van der Waals surface area contributed by atoms with Crippen LogP contribution in [0.4, 0.5) is 17.2 Å². The standard InChI is InChI=1S/C24H29N5O4S/c1-4-5-6-7-8-18-14-21(23(31)15-22(18)30)28-27-19-9-11-20(12-10-19)34(32,33)29-24-13-16(2)25-17(3)26-24/h9-15,30-31H,4-8H2,1-3H3,(H,25,26,29). The van der Waals surface area contributed by atoms with E-state index in [2.05, 4.69) is 31.8 Å². The van der Waals surface area contributed by atoms with Crippen LogP contribution in [0.15, 0.2) is 57.6 Å². The van der Waals surface area contributed by atoms with Crippen molar-refractivity contribution in [1.82, 2.24) is 9.97 Å². The molecular weight excluding hydrogens is 454 g/mol. The van der Waals surface area contributed by atoms with E-state index in [0.717, 1.165) is 25.7 Å². The van der Waals surface area contributed by atoms with Gasteiger partial charge in [-0.05, 0) is 62.6 Å². The minimum absolute atomic E-state index is 0.0316. The molecule has 0 aliphatic carbocycles. The van der Waals surface area contributed by atoms with E-state index in [0.29, 0.717) is 29.2 Å². The number of hydrogen-bond acceptors (Lipinski definition) is 8. The Hall–Kier alpha value is -3.53. The van der Waals surface area contributed by atoms with Gasteiger partial charge in [0.05, 0.1) is 10.6 Å². The molecule has 0 spiro atoms. The summed E-state index contributed by atoms with van der Waals surface area (Å²) in [6.07, 6.45) is 4.93. The fraction of sp³-hybridized carbons (Fsp3) is 0.333. The predicted molar refractivity (Wildman–Crippen MR) is 131 cm³/mol. The molecule has 0 aliphatic heterocycles. The molecule has 0 aliphatic rings. The van der Waals surface area contributed by atoms with Gasteiger partial charge in [-0.15, -0.1) is 5.11 Å². The second-order valence-corrected chi connectivity index (χ2v) is 9.70. The van der Waals surface area contributed by atoms with Crippen molar-refractivity contribution in [3.63, 3.8) is 0 Å². The van der Waals surface area contributed by atoms with Crippen molar-refractivity contribution in [2.75, 3.05) is 4.72 Å². The largest absolute Gasteiger partial charge is 0.508 e. The lowest BCUT2D eigenvalue weighted by molar-refractivity contribution is 0.445. The molecule has 3 aromatic rings. The fourth-order valence-electron chi connectivity index (χ4n) is 3.40. The average molecular weight is 484 g/mol. The molecule has 34 heavy (non-hydrogen) atoms. The van der Waals surface area contributed by atoms with Crippen LogP contribution >= 0.6 is 0 Å². The summed E-state index contributed by atoms with van der Waals surface area (Å²) in [6, 6.07) is 10.3. The minimum Gasteiger partial charge on any atom is -0.508 e. The molecule has 0 fully saturated rings. The zero-order valence-electron chi connectivity index (χ0n) is 19.5. The van der Waals surface area contributed by atoms with E-state index in [9.17, 15) is 18.6 Å². The maximum atomic E-state index is 12.7. The highest BCUT2D eigenvalue weighted by Crippen LogP contribution is 2.35. The SMILES string of the molecule is CCCCCCc1cc(N=Nc2ccc(S(=O)(=O)Nc3cc(C)nc(C)n3)cc2)c(O)cc1O. The molecule has 3 rings (SSSR count). The molecule has 0 saturated carbocycles. The molecule has 10 heteroatoms. The average Bonchev–Trinajstić information content (AvgIpc) is 2.76. The van der Waals surface area contributed by atoms with Crippen molar-refractivity contribution in [3.05, 3.63) is 59.5 Å². The summed E-state index contributed by atoms with van der Waals surface area (Å²) >= 11 is 0. The highest BCUT2D eigenvalue weighted by atomic mass is 32.2. The summed E-state index contributed by atoms with van der Waals surface area (Å²) in [7, 11) is -3.84. The second kappa shape index (κ2) is 11.1. The first-order chi connectivity index (χ1) is 16.2. The third kappa shape index (κ3) is 6.74. The second-order valence-electron chi connectivity index (χ2n) is 8.02. The van der Waals surface area contributed by atoms with Crippen LogP contribution in [0.3, 0.4) is 0 Å². The van der Waals surface area contributed by atoms with Crippen LogP contribution < -0.4 is 4.72 Å². The molecule has 0 unspecified atom stereocenters. The Morgan fingerprint density at radius 2 is 1.65 bits per heavy atom. The molecule has 1 aromatic heterocycles. The normalized spacial score (nSPS) is 11.7. The number of azo groups is 1. The third-order valence-electron chi connectivity index (χ3n) is 5.10. The van der Waals surface area contributed by atoms with Crippen molar-refractivity contribution in [1.29, 1.82) is 0 Å². The molecular formula is C24H29N5O4S. The monoisotopic (exact) mass is 483 g/mol. The van der Waals surface area contributed by atoms with Gasteiger partial charge in [0.2, 0.25) is 0 Å². The van der Waals surface area contributed by atoms with Crippen LogP contribution in [-0.4, -0.2) is 28.6 Å². The Bertz CT molecular complexity index is 1260. The number of nitrogens with zero attached hydrogens (tertiary/aromatic N) is 4. The van der Waals surface area contributed by atoms with Crippen LogP contribution in [0.2, 0.25) is 0 Å². The number of anilines is 1. The van der Waals surface area contributed by atoms with E-state index < -0.39 is 10.0 Å². The van der Waals surface area contributed by atoms with E-state index in [4.69, 9.17) is 0 Å². The first-order valence-corrected chi connectivity index (χ1v) is 12.6. The summed E-state index contributed by atoms with van der Waals surface area (Å²) < 4.78 is 27.8. The molecule has 0 radical (unpaired) electrons. The summed E-state index contributed by atoms with van der Waals surface area (Å²) in [6.45, 7) is 5.58. The quantitative estimate of drug-likeness (QED) is 0.244. The van der Waals surface area contributed by atoms with Gasteiger partial charge in [-0.1, -0.05) is 26.2 Å². The smallest absolute Gasteiger partial charge is 0.263 e. The summed E-state index contributed by atoms with van der Waals surface area (Å²) in [4.78, 5) is 8.27. The number of sulfonamides is 1. The van der Waals surface area contributed by atoms with Crippen molar-refractivity contribution >= 4 is 27.2 Å². The number of nitrogens with one attached hydrogen (secondary N) is 1. The van der Waals surface area contributed by atoms with Crippen LogP contribution in [0, 0.1) is 13.8 Å². The number of rotatable bonds is 10. The summed E-state index contributed by atoms with van der Waals surface area (Å²) in [5, 5.41) is 28.4. The van der Waals surface area contributed by atoms with Crippen molar-refractivity contribution in [3.8, 4) is 11.5 Å².